The number of amides is 3. The van der Waals surface area contributed by atoms with Gasteiger partial charge in [-0.1, -0.05) is 18.2 Å². The Balaban J connectivity index is 1.97. The molecular formula is C14H17N3O3. The molecule has 1 heterocycles. The molecule has 1 aromatic carbocycles. The number of carbonyl (C=O) groups is 3. The molecule has 1 unspecified atom stereocenters. The van der Waals surface area contributed by atoms with Crippen LogP contribution in [0.5, 0.6) is 0 Å². The van der Waals surface area contributed by atoms with E-state index in [1.54, 1.807) is 31.3 Å². The molecule has 0 aliphatic carbocycles. The maximum Gasteiger partial charge on any atom is 0.251 e. The van der Waals surface area contributed by atoms with Crippen LogP contribution in [0.4, 0.5) is 5.69 Å². The molecule has 1 atom stereocenters. The van der Waals surface area contributed by atoms with Crippen LogP contribution in [0.1, 0.15) is 12.8 Å². The highest BCUT2D eigenvalue weighted by Gasteiger charge is 2.38. The Morgan fingerprint density at radius 3 is 2.65 bits per heavy atom. The van der Waals surface area contributed by atoms with Gasteiger partial charge in [0.15, 0.2) is 0 Å². The largest absolute Gasteiger partial charge is 0.359 e. The Bertz CT molecular complexity index is 516. The summed E-state index contributed by atoms with van der Waals surface area (Å²) in [5.74, 6) is -0.592. The Hall–Kier alpha value is -2.21. The summed E-state index contributed by atoms with van der Waals surface area (Å²) >= 11 is 0. The zero-order chi connectivity index (χ0) is 14.5. The van der Waals surface area contributed by atoms with Crippen molar-refractivity contribution in [3.63, 3.8) is 0 Å². The van der Waals surface area contributed by atoms with Crippen LogP contribution in [0.2, 0.25) is 0 Å². The molecule has 3 amide bonds. The number of carbonyl (C=O) groups excluding carboxylic acids is 3. The van der Waals surface area contributed by atoms with Gasteiger partial charge in [-0.15, -0.1) is 0 Å². The summed E-state index contributed by atoms with van der Waals surface area (Å²) in [6.45, 7) is 0.367. The van der Waals surface area contributed by atoms with Crippen LogP contribution in [0.15, 0.2) is 30.3 Å². The molecule has 6 heteroatoms. The van der Waals surface area contributed by atoms with E-state index in [1.165, 1.54) is 4.90 Å². The Morgan fingerprint density at radius 1 is 1.30 bits per heavy atom. The third kappa shape index (κ3) is 3.03. The molecule has 0 spiro atoms. The summed E-state index contributed by atoms with van der Waals surface area (Å²) in [6.07, 6.45) is 0.404. The van der Waals surface area contributed by atoms with Crippen LogP contribution in [-0.4, -0.2) is 37.4 Å². The van der Waals surface area contributed by atoms with Crippen molar-refractivity contribution < 1.29 is 14.4 Å². The zero-order valence-corrected chi connectivity index (χ0v) is 11.3. The molecule has 20 heavy (non-hydrogen) atoms. The van der Waals surface area contributed by atoms with E-state index in [-0.39, 0.29) is 30.6 Å². The van der Waals surface area contributed by atoms with E-state index in [1.807, 2.05) is 6.07 Å². The molecular weight excluding hydrogens is 258 g/mol. The summed E-state index contributed by atoms with van der Waals surface area (Å²) in [7, 11) is 1.56. The van der Waals surface area contributed by atoms with Crippen molar-refractivity contribution in [3.05, 3.63) is 30.3 Å². The van der Waals surface area contributed by atoms with Crippen LogP contribution in [0.25, 0.3) is 0 Å². The smallest absolute Gasteiger partial charge is 0.251 e. The zero-order valence-electron chi connectivity index (χ0n) is 11.3. The SMILES string of the molecule is CNC(=O)CCNC1CC(=O)N(c2ccccc2)C1=O. The van der Waals surface area contributed by atoms with Gasteiger partial charge in [-0.05, 0) is 12.1 Å². The van der Waals surface area contributed by atoms with E-state index in [0.29, 0.717) is 12.2 Å². The average molecular weight is 275 g/mol. The lowest BCUT2D eigenvalue weighted by Gasteiger charge is -2.15. The molecule has 0 saturated carbocycles. The summed E-state index contributed by atoms with van der Waals surface area (Å²) in [6, 6.07) is 8.29. The van der Waals surface area contributed by atoms with Gasteiger partial charge in [0.1, 0.15) is 0 Å². The fourth-order valence-corrected chi connectivity index (χ4v) is 2.12. The average Bonchev–Trinajstić information content (AvgIpc) is 2.74. The van der Waals surface area contributed by atoms with Crippen molar-refractivity contribution in [1.82, 2.24) is 10.6 Å². The summed E-state index contributed by atoms with van der Waals surface area (Å²) in [5.41, 5.74) is 0.582. The van der Waals surface area contributed by atoms with E-state index < -0.39 is 6.04 Å². The third-order valence-corrected chi connectivity index (χ3v) is 3.18. The molecule has 1 aromatic rings. The highest BCUT2D eigenvalue weighted by molar-refractivity contribution is 6.22. The van der Waals surface area contributed by atoms with Gasteiger partial charge in [-0.3, -0.25) is 14.4 Å². The highest BCUT2D eigenvalue weighted by atomic mass is 16.2. The standard InChI is InChI=1S/C14H17N3O3/c1-15-12(18)7-8-16-11-9-13(19)17(14(11)20)10-5-3-2-4-6-10/h2-6,11,16H,7-9H2,1H3,(H,15,18). The lowest BCUT2D eigenvalue weighted by Crippen LogP contribution is -2.40. The number of hydrogen-bond donors (Lipinski definition) is 2. The van der Waals surface area contributed by atoms with E-state index in [9.17, 15) is 14.4 Å². The summed E-state index contributed by atoms with van der Waals surface area (Å²) in [4.78, 5) is 36.4. The molecule has 1 saturated heterocycles. The van der Waals surface area contributed by atoms with Gasteiger partial charge >= 0.3 is 0 Å². The Kier molecular flexibility index (Phi) is 4.47. The Morgan fingerprint density at radius 2 is 2.00 bits per heavy atom. The first-order valence-corrected chi connectivity index (χ1v) is 6.49. The fourth-order valence-electron chi connectivity index (χ4n) is 2.12. The minimum Gasteiger partial charge on any atom is -0.359 e. The predicted molar refractivity (Wildman–Crippen MR) is 74.0 cm³/mol. The molecule has 6 nitrogen and oxygen atoms in total. The van der Waals surface area contributed by atoms with Crippen LogP contribution in [0.3, 0.4) is 0 Å². The first-order chi connectivity index (χ1) is 9.63. The highest BCUT2D eigenvalue weighted by Crippen LogP contribution is 2.22. The first-order valence-electron chi connectivity index (χ1n) is 6.49. The predicted octanol–water partition coefficient (Wildman–Crippen LogP) is 0.0442. The van der Waals surface area contributed by atoms with Crippen LogP contribution >= 0.6 is 0 Å². The van der Waals surface area contributed by atoms with E-state index in [0.717, 1.165) is 0 Å². The number of imide groups is 1. The van der Waals surface area contributed by atoms with Gasteiger partial charge < -0.3 is 10.6 Å². The van der Waals surface area contributed by atoms with Crippen LogP contribution < -0.4 is 15.5 Å². The van der Waals surface area contributed by atoms with E-state index in [2.05, 4.69) is 10.6 Å². The van der Waals surface area contributed by atoms with E-state index in [4.69, 9.17) is 0 Å². The Labute approximate surface area is 117 Å². The third-order valence-electron chi connectivity index (χ3n) is 3.18. The number of benzene rings is 1. The number of anilines is 1. The normalized spacial score (nSPS) is 18.4. The number of nitrogens with zero attached hydrogens (tertiary/aromatic N) is 1. The van der Waals surface area contributed by atoms with Crippen molar-refractivity contribution in [2.75, 3.05) is 18.5 Å². The van der Waals surface area contributed by atoms with E-state index >= 15 is 0 Å². The molecule has 1 aliphatic heterocycles. The van der Waals surface area contributed by atoms with Crippen LogP contribution in [-0.2, 0) is 14.4 Å². The minimum absolute atomic E-state index is 0.103. The lowest BCUT2D eigenvalue weighted by molar-refractivity contribution is -0.123. The molecule has 0 aromatic heterocycles. The van der Waals surface area contributed by atoms with Crippen molar-refractivity contribution in [2.45, 2.75) is 18.9 Å². The summed E-state index contributed by atoms with van der Waals surface area (Å²) in [5, 5.41) is 5.46. The van der Waals surface area contributed by atoms with Gasteiger partial charge in [0.05, 0.1) is 18.2 Å². The second-order valence-electron chi connectivity index (χ2n) is 4.54. The van der Waals surface area contributed by atoms with Gasteiger partial charge in [0, 0.05) is 20.0 Å². The molecule has 0 radical (unpaired) electrons. The molecule has 1 aliphatic rings. The van der Waals surface area contributed by atoms with Gasteiger partial charge in [0.25, 0.3) is 5.91 Å². The molecule has 2 rings (SSSR count). The molecule has 106 valence electrons. The van der Waals surface area contributed by atoms with Gasteiger partial charge in [0.2, 0.25) is 11.8 Å². The topological polar surface area (TPSA) is 78.5 Å². The second kappa shape index (κ2) is 6.29. The lowest BCUT2D eigenvalue weighted by atomic mass is 10.2. The fraction of sp³-hybridized carbons (Fsp3) is 0.357. The van der Waals surface area contributed by atoms with Gasteiger partial charge in [-0.2, -0.15) is 0 Å². The number of nitrogens with one attached hydrogen (secondary N) is 2. The summed E-state index contributed by atoms with van der Waals surface area (Å²) < 4.78 is 0. The van der Waals surface area contributed by atoms with Crippen molar-refractivity contribution in [2.24, 2.45) is 0 Å². The minimum atomic E-state index is -0.549. The maximum absolute atomic E-state index is 12.2. The van der Waals surface area contributed by atoms with Crippen LogP contribution in [0, 0.1) is 0 Å². The van der Waals surface area contributed by atoms with Crippen molar-refractivity contribution in [3.8, 4) is 0 Å². The molecule has 2 N–H and O–H groups in total. The maximum atomic E-state index is 12.2. The number of hydrogen-bond acceptors (Lipinski definition) is 4. The van der Waals surface area contributed by atoms with Gasteiger partial charge in [-0.25, -0.2) is 4.90 Å². The molecule has 0 bridgehead atoms. The quantitative estimate of drug-likeness (QED) is 0.744. The molecule has 1 fully saturated rings. The second-order valence-corrected chi connectivity index (χ2v) is 4.54. The van der Waals surface area contributed by atoms with Crippen molar-refractivity contribution in [1.29, 1.82) is 0 Å². The van der Waals surface area contributed by atoms with Crippen molar-refractivity contribution >= 4 is 23.4 Å². The number of para-hydroxylation sites is 1. The first kappa shape index (κ1) is 14.2. The monoisotopic (exact) mass is 275 g/mol. The number of rotatable bonds is 5.